The highest BCUT2D eigenvalue weighted by molar-refractivity contribution is 7.46. The number of rotatable bonds is 5. The highest BCUT2D eigenvalue weighted by atomic mass is 31.2. The third-order valence-corrected chi connectivity index (χ3v) is 2.10. The maximum absolute atomic E-state index is 10.7. The van der Waals surface area contributed by atoms with Crippen LogP contribution >= 0.6 is 8.38 Å². The minimum absolute atomic E-state index is 0.00972. The molecule has 0 radical (unpaired) electrons. The third kappa shape index (κ3) is 6.23. The molecule has 66 valence electrons. The standard InChI is InChI=1S/C6H14NO3P/c1-4-6(8)7-5-10-11(3)9-2/h4-5H2,1-3H3,(H,7,8). The lowest BCUT2D eigenvalue weighted by Gasteiger charge is -2.09. The molecule has 0 rings (SSSR count). The normalized spacial score (nSPS) is 12.6. The fraction of sp³-hybridized carbons (Fsp3) is 0.833. The molecule has 0 saturated carbocycles. The van der Waals surface area contributed by atoms with Crippen molar-refractivity contribution in [3.05, 3.63) is 0 Å². The summed E-state index contributed by atoms with van der Waals surface area (Å²) in [5.41, 5.74) is 0. The predicted octanol–water partition coefficient (Wildman–Crippen LogP) is 1.07. The van der Waals surface area contributed by atoms with E-state index in [1.165, 1.54) is 0 Å². The molecule has 4 nitrogen and oxygen atoms in total. The van der Waals surface area contributed by atoms with Gasteiger partial charge in [0.15, 0.2) is 8.38 Å². The smallest absolute Gasteiger partial charge is 0.221 e. The van der Waals surface area contributed by atoms with Gasteiger partial charge < -0.3 is 14.4 Å². The zero-order chi connectivity index (χ0) is 8.69. The molecule has 0 aromatic heterocycles. The van der Waals surface area contributed by atoms with E-state index < -0.39 is 8.38 Å². The summed E-state index contributed by atoms with van der Waals surface area (Å²) in [6.45, 7) is 3.86. The largest absolute Gasteiger partial charge is 0.338 e. The van der Waals surface area contributed by atoms with Gasteiger partial charge in [0, 0.05) is 20.2 Å². The first-order valence-electron chi connectivity index (χ1n) is 3.38. The second-order valence-electron chi connectivity index (χ2n) is 1.85. The van der Waals surface area contributed by atoms with Crippen molar-refractivity contribution in [3.8, 4) is 0 Å². The van der Waals surface area contributed by atoms with Crippen LogP contribution in [0.5, 0.6) is 0 Å². The SMILES string of the molecule is CCC(=O)NCOP(C)OC. The summed E-state index contributed by atoms with van der Waals surface area (Å²) in [7, 11) is 0.748. The number of hydrogen-bond donors (Lipinski definition) is 1. The van der Waals surface area contributed by atoms with E-state index >= 15 is 0 Å². The predicted molar refractivity (Wildman–Crippen MR) is 44.2 cm³/mol. The Morgan fingerprint density at radius 3 is 2.73 bits per heavy atom. The summed E-state index contributed by atoms with van der Waals surface area (Å²) < 4.78 is 9.93. The van der Waals surface area contributed by atoms with Crippen molar-refractivity contribution in [1.82, 2.24) is 5.32 Å². The molecule has 0 spiro atoms. The zero-order valence-electron chi connectivity index (χ0n) is 7.09. The van der Waals surface area contributed by atoms with Crippen LogP contribution < -0.4 is 5.32 Å². The number of carbonyl (C=O) groups excluding carboxylic acids is 1. The molecule has 5 heteroatoms. The van der Waals surface area contributed by atoms with Crippen LogP contribution in [0.2, 0.25) is 0 Å². The monoisotopic (exact) mass is 179 g/mol. The zero-order valence-corrected chi connectivity index (χ0v) is 7.98. The van der Waals surface area contributed by atoms with E-state index in [0.29, 0.717) is 6.42 Å². The molecule has 0 aliphatic rings. The van der Waals surface area contributed by atoms with E-state index in [4.69, 9.17) is 9.05 Å². The van der Waals surface area contributed by atoms with Gasteiger partial charge in [-0.3, -0.25) is 4.79 Å². The lowest BCUT2D eigenvalue weighted by Crippen LogP contribution is -2.23. The van der Waals surface area contributed by atoms with Crippen LogP contribution in [-0.2, 0) is 13.8 Å². The number of amides is 1. The molecule has 0 fully saturated rings. The Kier molecular flexibility index (Phi) is 6.42. The fourth-order valence-electron chi connectivity index (χ4n) is 0.381. The molecule has 1 amide bonds. The van der Waals surface area contributed by atoms with Crippen LogP contribution in [-0.4, -0.2) is 26.4 Å². The van der Waals surface area contributed by atoms with Crippen LogP contribution in [0.15, 0.2) is 0 Å². The van der Waals surface area contributed by atoms with E-state index in [-0.39, 0.29) is 12.6 Å². The molecule has 11 heavy (non-hydrogen) atoms. The topological polar surface area (TPSA) is 47.6 Å². The van der Waals surface area contributed by atoms with Gasteiger partial charge in [0.1, 0.15) is 6.73 Å². The van der Waals surface area contributed by atoms with E-state index in [0.717, 1.165) is 0 Å². The van der Waals surface area contributed by atoms with Crippen molar-refractivity contribution in [2.24, 2.45) is 0 Å². The summed E-state index contributed by atoms with van der Waals surface area (Å²) in [6, 6.07) is 0. The van der Waals surface area contributed by atoms with Gasteiger partial charge >= 0.3 is 0 Å². The van der Waals surface area contributed by atoms with Gasteiger partial charge in [-0.25, -0.2) is 0 Å². The molecular weight excluding hydrogens is 165 g/mol. The molecule has 0 aliphatic carbocycles. The lowest BCUT2D eigenvalue weighted by atomic mass is 10.5. The molecule has 1 unspecified atom stereocenters. The summed E-state index contributed by atoms with van der Waals surface area (Å²) in [5.74, 6) is -0.00972. The van der Waals surface area contributed by atoms with Crippen molar-refractivity contribution >= 4 is 14.3 Å². The van der Waals surface area contributed by atoms with Crippen LogP contribution in [0.3, 0.4) is 0 Å². The van der Waals surface area contributed by atoms with Gasteiger partial charge in [0.2, 0.25) is 5.91 Å². The molecular formula is C6H14NO3P. The van der Waals surface area contributed by atoms with Crippen LogP contribution in [0, 0.1) is 0 Å². The number of carbonyl (C=O) groups is 1. The van der Waals surface area contributed by atoms with Gasteiger partial charge in [-0.05, 0) is 0 Å². The van der Waals surface area contributed by atoms with E-state index in [1.54, 1.807) is 14.0 Å². The van der Waals surface area contributed by atoms with Crippen molar-refractivity contribution in [1.29, 1.82) is 0 Å². The van der Waals surface area contributed by atoms with Gasteiger partial charge in [-0.15, -0.1) is 0 Å². The second kappa shape index (κ2) is 6.53. The van der Waals surface area contributed by atoms with Crippen molar-refractivity contribution in [2.75, 3.05) is 20.5 Å². The number of nitrogens with one attached hydrogen (secondary N) is 1. The fourth-order valence-corrected chi connectivity index (χ4v) is 0.733. The highest BCUT2D eigenvalue weighted by Crippen LogP contribution is 2.30. The maximum atomic E-state index is 10.7. The van der Waals surface area contributed by atoms with E-state index in [9.17, 15) is 4.79 Å². The van der Waals surface area contributed by atoms with Crippen molar-refractivity contribution < 1.29 is 13.8 Å². The van der Waals surface area contributed by atoms with Gasteiger partial charge in [0.25, 0.3) is 0 Å². The third-order valence-electron chi connectivity index (χ3n) is 1.09. The molecule has 0 aromatic rings. The van der Waals surface area contributed by atoms with Gasteiger partial charge in [0.05, 0.1) is 0 Å². The molecule has 0 aliphatic heterocycles. The minimum atomic E-state index is -0.829. The lowest BCUT2D eigenvalue weighted by molar-refractivity contribution is -0.121. The Bertz CT molecular complexity index is 120. The Balaban J connectivity index is 3.20. The van der Waals surface area contributed by atoms with Crippen molar-refractivity contribution in [2.45, 2.75) is 13.3 Å². The molecule has 0 aromatic carbocycles. The van der Waals surface area contributed by atoms with Crippen LogP contribution in [0.4, 0.5) is 0 Å². The Hall–Kier alpha value is -0.180. The molecule has 0 bridgehead atoms. The maximum Gasteiger partial charge on any atom is 0.221 e. The average molecular weight is 179 g/mol. The van der Waals surface area contributed by atoms with Crippen molar-refractivity contribution in [3.63, 3.8) is 0 Å². The first kappa shape index (κ1) is 10.8. The Morgan fingerprint density at radius 2 is 2.27 bits per heavy atom. The van der Waals surface area contributed by atoms with E-state index in [1.807, 2.05) is 6.66 Å². The Labute approximate surface area is 68.2 Å². The highest BCUT2D eigenvalue weighted by Gasteiger charge is 1.99. The van der Waals surface area contributed by atoms with Crippen LogP contribution in [0.25, 0.3) is 0 Å². The van der Waals surface area contributed by atoms with Gasteiger partial charge in [-0.1, -0.05) is 6.92 Å². The molecule has 1 N–H and O–H groups in total. The summed E-state index contributed by atoms with van der Waals surface area (Å²) >= 11 is 0. The average Bonchev–Trinajstić information content (AvgIpc) is 2.04. The summed E-state index contributed by atoms with van der Waals surface area (Å²) in [4.78, 5) is 10.7. The quantitative estimate of drug-likeness (QED) is 0.507. The Morgan fingerprint density at radius 1 is 1.64 bits per heavy atom. The molecule has 0 saturated heterocycles. The number of hydrogen-bond acceptors (Lipinski definition) is 3. The molecule has 0 heterocycles. The van der Waals surface area contributed by atoms with Gasteiger partial charge in [-0.2, -0.15) is 0 Å². The first-order chi connectivity index (χ1) is 5.20. The molecule has 1 atom stereocenters. The minimum Gasteiger partial charge on any atom is -0.338 e. The summed E-state index contributed by atoms with van der Waals surface area (Å²) in [5, 5.41) is 2.57. The van der Waals surface area contributed by atoms with Crippen LogP contribution in [0.1, 0.15) is 13.3 Å². The first-order valence-corrected chi connectivity index (χ1v) is 5.00. The van der Waals surface area contributed by atoms with E-state index in [2.05, 4.69) is 5.32 Å². The second-order valence-corrected chi connectivity index (χ2v) is 3.35. The summed E-state index contributed by atoms with van der Waals surface area (Å²) in [6.07, 6.45) is 0.484.